The van der Waals surface area contributed by atoms with Crippen molar-refractivity contribution < 1.29 is 8.42 Å². The number of fused-ring (bicyclic) bond motifs is 1. The Bertz CT molecular complexity index is 405. The minimum absolute atomic E-state index is 0.391. The highest BCUT2D eigenvalue weighted by atomic mass is 35.7. The highest BCUT2D eigenvalue weighted by molar-refractivity contribution is 8.11. The molecule has 0 amide bonds. The van der Waals surface area contributed by atoms with E-state index >= 15 is 0 Å². The number of rotatable bonds is 1. The van der Waals surface area contributed by atoms with Crippen LogP contribution in [-0.2, 0) is 22.3 Å². The van der Waals surface area contributed by atoms with E-state index in [0.717, 1.165) is 11.1 Å². The Balaban J connectivity index is 2.33. The average molecular weight is 218 g/mol. The van der Waals surface area contributed by atoms with Crippen molar-refractivity contribution in [3.63, 3.8) is 0 Å². The van der Waals surface area contributed by atoms with Gasteiger partial charge in [-0.05, 0) is 11.1 Å². The summed E-state index contributed by atoms with van der Waals surface area (Å²) in [7, 11) is 1.66. The van der Waals surface area contributed by atoms with Crippen LogP contribution in [-0.4, -0.2) is 12.7 Å². The van der Waals surface area contributed by atoms with Gasteiger partial charge in [-0.25, -0.2) is 0 Å². The second-order valence-electron chi connectivity index (χ2n) is 2.98. The number of benzene rings is 1. The first kappa shape index (κ1) is 8.99. The molecule has 3 nitrogen and oxygen atoms in total. The molecule has 0 radical (unpaired) electrons. The third kappa shape index (κ3) is 1.70. The first-order valence-electron chi connectivity index (χ1n) is 3.84. The highest BCUT2D eigenvalue weighted by Crippen LogP contribution is 2.25. The van der Waals surface area contributed by atoms with Crippen LogP contribution < -0.4 is 0 Å². The van der Waals surface area contributed by atoms with E-state index in [1.807, 2.05) is 24.3 Å². The molecule has 1 aliphatic heterocycles. The van der Waals surface area contributed by atoms with Crippen LogP contribution in [0.25, 0.3) is 0 Å². The molecule has 70 valence electrons. The van der Waals surface area contributed by atoms with E-state index in [2.05, 4.69) is 0 Å². The molecule has 1 aliphatic rings. The van der Waals surface area contributed by atoms with E-state index in [0.29, 0.717) is 13.1 Å². The molecule has 0 N–H and O–H groups in total. The summed E-state index contributed by atoms with van der Waals surface area (Å²) >= 11 is 0. The molecule has 13 heavy (non-hydrogen) atoms. The summed E-state index contributed by atoms with van der Waals surface area (Å²) < 4.78 is 23.2. The van der Waals surface area contributed by atoms with Crippen LogP contribution in [0.3, 0.4) is 0 Å². The largest absolute Gasteiger partial charge is 0.300 e. The second kappa shape index (κ2) is 2.97. The van der Waals surface area contributed by atoms with Crippen molar-refractivity contribution in [3.8, 4) is 0 Å². The van der Waals surface area contributed by atoms with Crippen molar-refractivity contribution in [1.82, 2.24) is 4.31 Å². The standard InChI is InChI=1S/C8H8ClNO2S/c9-13(11,12)10-5-7-3-1-2-4-8(7)6-10/h1-4H,5-6H2. The Morgan fingerprint density at radius 2 is 1.62 bits per heavy atom. The van der Waals surface area contributed by atoms with Gasteiger partial charge in [0.2, 0.25) is 0 Å². The van der Waals surface area contributed by atoms with E-state index in [1.54, 1.807) is 0 Å². The minimum atomic E-state index is -3.56. The van der Waals surface area contributed by atoms with Gasteiger partial charge in [0.1, 0.15) is 0 Å². The molecule has 1 aromatic carbocycles. The molecule has 0 saturated heterocycles. The van der Waals surface area contributed by atoms with Crippen LogP contribution in [0.4, 0.5) is 0 Å². The highest BCUT2D eigenvalue weighted by Gasteiger charge is 2.26. The van der Waals surface area contributed by atoms with Crippen molar-refractivity contribution in [2.24, 2.45) is 0 Å². The van der Waals surface area contributed by atoms with Gasteiger partial charge in [-0.2, -0.15) is 12.7 Å². The van der Waals surface area contributed by atoms with Crippen molar-refractivity contribution in [2.75, 3.05) is 0 Å². The van der Waals surface area contributed by atoms with Gasteiger partial charge in [-0.3, -0.25) is 0 Å². The lowest BCUT2D eigenvalue weighted by Gasteiger charge is -2.07. The van der Waals surface area contributed by atoms with E-state index in [4.69, 9.17) is 10.7 Å². The molecule has 0 spiro atoms. The zero-order chi connectivity index (χ0) is 9.47. The number of halogens is 1. The maximum absolute atomic E-state index is 11.0. The summed E-state index contributed by atoms with van der Waals surface area (Å²) in [5.74, 6) is 0. The molecule has 0 unspecified atom stereocenters. The Morgan fingerprint density at radius 3 is 2.00 bits per heavy atom. The van der Waals surface area contributed by atoms with Crippen molar-refractivity contribution in [2.45, 2.75) is 13.1 Å². The summed E-state index contributed by atoms with van der Waals surface area (Å²) in [6, 6.07) is 7.61. The fraction of sp³-hybridized carbons (Fsp3) is 0.250. The zero-order valence-corrected chi connectivity index (χ0v) is 8.35. The molecule has 5 heteroatoms. The maximum Gasteiger partial charge on any atom is 0.300 e. The Labute approximate surface area is 81.5 Å². The van der Waals surface area contributed by atoms with Gasteiger partial charge in [-0.1, -0.05) is 24.3 Å². The molecule has 0 fully saturated rings. The molecule has 1 aromatic rings. The van der Waals surface area contributed by atoms with Crippen LogP contribution in [0.5, 0.6) is 0 Å². The maximum atomic E-state index is 11.0. The molecular weight excluding hydrogens is 210 g/mol. The van der Waals surface area contributed by atoms with Crippen molar-refractivity contribution in [3.05, 3.63) is 35.4 Å². The summed E-state index contributed by atoms with van der Waals surface area (Å²) in [5, 5.41) is 0. The first-order chi connectivity index (χ1) is 6.07. The first-order valence-corrected chi connectivity index (χ1v) is 6.10. The van der Waals surface area contributed by atoms with Gasteiger partial charge in [0.25, 0.3) is 9.24 Å². The van der Waals surface area contributed by atoms with Crippen LogP contribution in [0, 0.1) is 0 Å². The average Bonchev–Trinajstić information content (AvgIpc) is 2.45. The SMILES string of the molecule is O=S(=O)(Cl)N1Cc2ccccc2C1. The Kier molecular flexibility index (Phi) is 2.06. The van der Waals surface area contributed by atoms with E-state index in [9.17, 15) is 8.42 Å². The predicted molar refractivity (Wildman–Crippen MR) is 50.5 cm³/mol. The quantitative estimate of drug-likeness (QED) is 0.669. The summed E-state index contributed by atoms with van der Waals surface area (Å²) in [4.78, 5) is 0. The fourth-order valence-electron chi connectivity index (χ4n) is 1.46. The lowest BCUT2D eigenvalue weighted by Crippen LogP contribution is -2.20. The molecule has 0 bridgehead atoms. The van der Waals surface area contributed by atoms with Gasteiger partial charge < -0.3 is 0 Å². The predicted octanol–water partition coefficient (Wildman–Crippen LogP) is 1.49. The third-order valence-corrected chi connectivity index (χ3v) is 3.58. The van der Waals surface area contributed by atoms with E-state index in [-0.39, 0.29) is 0 Å². The molecule has 2 rings (SSSR count). The monoisotopic (exact) mass is 217 g/mol. The summed E-state index contributed by atoms with van der Waals surface area (Å²) in [6.45, 7) is 0.782. The smallest absolute Gasteiger partial charge is 0.195 e. The Morgan fingerprint density at radius 1 is 1.15 bits per heavy atom. The Hall–Kier alpha value is -0.580. The molecule has 0 atom stereocenters. The van der Waals surface area contributed by atoms with Crippen molar-refractivity contribution in [1.29, 1.82) is 0 Å². The zero-order valence-electron chi connectivity index (χ0n) is 6.77. The molecule has 0 saturated carbocycles. The molecule has 0 aromatic heterocycles. The lowest BCUT2D eigenvalue weighted by molar-refractivity contribution is 0.444. The van der Waals surface area contributed by atoms with Crippen LogP contribution in [0.15, 0.2) is 24.3 Å². The van der Waals surface area contributed by atoms with Gasteiger partial charge in [0, 0.05) is 23.8 Å². The van der Waals surface area contributed by atoms with Crippen molar-refractivity contribution >= 4 is 19.9 Å². The van der Waals surface area contributed by atoms with E-state index < -0.39 is 9.24 Å². The third-order valence-electron chi connectivity index (χ3n) is 2.12. The number of hydrogen-bond donors (Lipinski definition) is 0. The molecule has 1 heterocycles. The van der Waals surface area contributed by atoms with Gasteiger partial charge in [-0.15, -0.1) is 0 Å². The fourth-order valence-corrected chi connectivity index (χ4v) is 2.34. The van der Waals surface area contributed by atoms with Gasteiger partial charge in [0.15, 0.2) is 0 Å². The molecule has 0 aliphatic carbocycles. The number of hydrogen-bond acceptors (Lipinski definition) is 2. The number of nitrogens with zero attached hydrogens (tertiary/aromatic N) is 1. The van der Waals surface area contributed by atoms with Crippen LogP contribution in [0.2, 0.25) is 0 Å². The topological polar surface area (TPSA) is 37.4 Å². The van der Waals surface area contributed by atoms with Gasteiger partial charge in [0.05, 0.1) is 0 Å². The lowest BCUT2D eigenvalue weighted by atomic mass is 10.1. The normalized spacial score (nSPS) is 17.3. The van der Waals surface area contributed by atoms with Gasteiger partial charge >= 0.3 is 0 Å². The van der Waals surface area contributed by atoms with Crippen LogP contribution >= 0.6 is 10.7 Å². The second-order valence-corrected chi connectivity index (χ2v) is 5.49. The van der Waals surface area contributed by atoms with Crippen LogP contribution in [0.1, 0.15) is 11.1 Å². The molecular formula is C8H8ClNO2S. The summed E-state index contributed by atoms with van der Waals surface area (Å²) in [5.41, 5.74) is 2.07. The minimum Gasteiger partial charge on any atom is -0.195 e. The van der Waals surface area contributed by atoms with E-state index in [1.165, 1.54) is 4.31 Å². The summed E-state index contributed by atoms with van der Waals surface area (Å²) in [6.07, 6.45) is 0.